The van der Waals surface area contributed by atoms with E-state index in [2.05, 4.69) is 0 Å². The standard InChI is InChI=1S/C14H11N3O/c15-6-1-2-7-18-14-5-3-4-12(9-14)8-13(10-16)11-17/h3-5,8-9H,1-2,7H2. The van der Waals surface area contributed by atoms with E-state index in [0.29, 0.717) is 25.2 Å². The lowest BCUT2D eigenvalue weighted by Gasteiger charge is -2.05. The second-order valence-electron chi connectivity index (χ2n) is 3.46. The minimum Gasteiger partial charge on any atom is -0.494 e. The topological polar surface area (TPSA) is 80.6 Å². The molecule has 0 amide bonds. The van der Waals surface area contributed by atoms with E-state index in [0.717, 1.165) is 5.56 Å². The number of nitriles is 3. The van der Waals surface area contributed by atoms with Crippen LogP contribution < -0.4 is 4.74 Å². The molecule has 0 N–H and O–H groups in total. The van der Waals surface area contributed by atoms with Crippen LogP contribution in [0.1, 0.15) is 18.4 Å². The van der Waals surface area contributed by atoms with E-state index in [1.54, 1.807) is 36.4 Å². The van der Waals surface area contributed by atoms with Crippen molar-refractivity contribution in [3.05, 3.63) is 35.4 Å². The van der Waals surface area contributed by atoms with Crippen LogP contribution in [-0.4, -0.2) is 6.61 Å². The van der Waals surface area contributed by atoms with Gasteiger partial charge in [-0.3, -0.25) is 0 Å². The van der Waals surface area contributed by atoms with Gasteiger partial charge in [-0.1, -0.05) is 12.1 Å². The van der Waals surface area contributed by atoms with Crippen LogP contribution in [0.15, 0.2) is 29.8 Å². The molecule has 0 spiro atoms. The Balaban J connectivity index is 2.70. The summed E-state index contributed by atoms with van der Waals surface area (Å²) in [6.07, 6.45) is 2.65. The van der Waals surface area contributed by atoms with Crippen LogP contribution in [-0.2, 0) is 0 Å². The predicted octanol–water partition coefficient (Wildman–Crippen LogP) is 2.80. The molecule has 1 rings (SSSR count). The number of rotatable bonds is 5. The second kappa shape index (κ2) is 7.49. The van der Waals surface area contributed by atoms with Gasteiger partial charge in [0.25, 0.3) is 0 Å². The Bertz CT molecular complexity index is 540. The number of allylic oxidation sites excluding steroid dienone is 1. The summed E-state index contributed by atoms with van der Waals surface area (Å²) in [6, 6.07) is 12.8. The van der Waals surface area contributed by atoms with Gasteiger partial charge in [0, 0.05) is 6.42 Å². The summed E-state index contributed by atoms with van der Waals surface area (Å²) in [6.45, 7) is 0.476. The van der Waals surface area contributed by atoms with Gasteiger partial charge >= 0.3 is 0 Å². The number of unbranched alkanes of at least 4 members (excludes halogenated alkanes) is 1. The molecule has 4 heteroatoms. The molecule has 0 aliphatic carbocycles. The van der Waals surface area contributed by atoms with Gasteiger partial charge in [0.2, 0.25) is 0 Å². The van der Waals surface area contributed by atoms with Crippen LogP contribution >= 0.6 is 0 Å². The third kappa shape index (κ3) is 4.39. The average Bonchev–Trinajstić information content (AvgIpc) is 2.41. The van der Waals surface area contributed by atoms with Gasteiger partial charge in [-0.15, -0.1) is 0 Å². The highest BCUT2D eigenvalue weighted by Crippen LogP contribution is 2.16. The molecule has 0 saturated carbocycles. The smallest absolute Gasteiger partial charge is 0.130 e. The number of benzene rings is 1. The zero-order chi connectivity index (χ0) is 13.2. The summed E-state index contributed by atoms with van der Waals surface area (Å²) >= 11 is 0. The predicted molar refractivity (Wildman–Crippen MR) is 66.0 cm³/mol. The Morgan fingerprint density at radius 3 is 2.67 bits per heavy atom. The lowest BCUT2D eigenvalue weighted by atomic mass is 10.1. The summed E-state index contributed by atoms with van der Waals surface area (Å²) < 4.78 is 5.45. The maximum Gasteiger partial charge on any atom is 0.130 e. The number of ether oxygens (including phenoxy) is 1. The van der Waals surface area contributed by atoms with Gasteiger partial charge in [-0.2, -0.15) is 15.8 Å². The van der Waals surface area contributed by atoms with Crippen molar-refractivity contribution < 1.29 is 4.74 Å². The maximum atomic E-state index is 8.65. The number of hydrogen-bond acceptors (Lipinski definition) is 4. The third-order valence-electron chi connectivity index (χ3n) is 2.11. The Morgan fingerprint density at radius 2 is 2.00 bits per heavy atom. The van der Waals surface area contributed by atoms with E-state index >= 15 is 0 Å². The first-order valence-electron chi connectivity index (χ1n) is 5.42. The molecule has 18 heavy (non-hydrogen) atoms. The molecule has 0 unspecified atom stereocenters. The lowest BCUT2D eigenvalue weighted by Crippen LogP contribution is -1.96. The van der Waals surface area contributed by atoms with E-state index in [9.17, 15) is 0 Å². The minimum atomic E-state index is 0.0524. The normalized spacial score (nSPS) is 8.50. The van der Waals surface area contributed by atoms with Crippen LogP contribution in [0.5, 0.6) is 5.75 Å². The van der Waals surface area contributed by atoms with Crippen LogP contribution in [0, 0.1) is 34.0 Å². The Kier molecular flexibility index (Phi) is 5.54. The maximum absolute atomic E-state index is 8.65. The first-order valence-corrected chi connectivity index (χ1v) is 5.42. The van der Waals surface area contributed by atoms with Gasteiger partial charge in [-0.25, -0.2) is 0 Å². The Labute approximate surface area is 106 Å². The first kappa shape index (κ1) is 13.3. The zero-order valence-corrected chi connectivity index (χ0v) is 9.76. The largest absolute Gasteiger partial charge is 0.494 e. The summed E-state index contributed by atoms with van der Waals surface area (Å²) in [4.78, 5) is 0. The van der Waals surface area contributed by atoms with Crippen LogP contribution in [0.3, 0.4) is 0 Å². The van der Waals surface area contributed by atoms with Crippen LogP contribution in [0.25, 0.3) is 6.08 Å². The van der Waals surface area contributed by atoms with Gasteiger partial charge in [0.1, 0.15) is 23.5 Å². The van der Waals surface area contributed by atoms with E-state index in [1.807, 2.05) is 6.07 Å². The van der Waals surface area contributed by atoms with Crippen LogP contribution in [0.4, 0.5) is 0 Å². The molecule has 0 radical (unpaired) electrons. The monoisotopic (exact) mass is 237 g/mol. The van der Waals surface area contributed by atoms with Crippen molar-refractivity contribution in [1.82, 2.24) is 0 Å². The SMILES string of the molecule is N#CCCCOc1cccc(C=C(C#N)C#N)c1. The second-order valence-corrected chi connectivity index (χ2v) is 3.46. The summed E-state index contributed by atoms with van der Waals surface area (Å²) in [5.41, 5.74) is 0.794. The van der Waals surface area contributed by atoms with E-state index in [-0.39, 0.29) is 5.57 Å². The van der Waals surface area contributed by atoms with Gasteiger partial charge in [0.05, 0.1) is 12.7 Å². The fourth-order valence-electron chi connectivity index (χ4n) is 1.29. The molecule has 0 heterocycles. The third-order valence-corrected chi connectivity index (χ3v) is 2.11. The molecular formula is C14H11N3O. The van der Waals surface area contributed by atoms with Crippen molar-refractivity contribution >= 4 is 6.08 Å². The lowest BCUT2D eigenvalue weighted by molar-refractivity contribution is 0.312. The molecule has 0 saturated heterocycles. The first-order chi connectivity index (χ1) is 8.80. The van der Waals surface area contributed by atoms with E-state index in [1.165, 1.54) is 6.08 Å². The molecule has 88 valence electrons. The highest BCUT2D eigenvalue weighted by molar-refractivity contribution is 5.62. The zero-order valence-electron chi connectivity index (χ0n) is 9.76. The molecule has 1 aromatic carbocycles. The molecule has 0 atom stereocenters. The summed E-state index contributed by atoms with van der Waals surface area (Å²) in [5, 5.41) is 25.7. The fraction of sp³-hybridized carbons (Fsp3) is 0.214. The quantitative estimate of drug-likeness (QED) is 0.582. The van der Waals surface area contributed by atoms with Crippen molar-refractivity contribution in [3.8, 4) is 24.0 Å². The molecule has 0 bridgehead atoms. The molecule has 0 fully saturated rings. The molecule has 1 aromatic rings. The van der Waals surface area contributed by atoms with Crippen LogP contribution in [0.2, 0.25) is 0 Å². The molecule has 0 aliphatic rings. The van der Waals surface area contributed by atoms with E-state index in [4.69, 9.17) is 20.5 Å². The van der Waals surface area contributed by atoms with Crippen molar-refractivity contribution in [2.24, 2.45) is 0 Å². The van der Waals surface area contributed by atoms with Crippen molar-refractivity contribution in [3.63, 3.8) is 0 Å². The van der Waals surface area contributed by atoms with E-state index < -0.39 is 0 Å². The van der Waals surface area contributed by atoms with Gasteiger partial charge in [-0.05, 0) is 30.2 Å². The van der Waals surface area contributed by atoms with Gasteiger partial charge < -0.3 is 4.74 Å². The fourth-order valence-corrected chi connectivity index (χ4v) is 1.29. The van der Waals surface area contributed by atoms with Crippen molar-refractivity contribution in [2.45, 2.75) is 12.8 Å². The number of nitrogens with zero attached hydrogens (tertiary/aromatic N) is 3. The number of hydrogen-bond donors (Lipinski definition) is 0. The average molecular weight is 237 g/mol. The summed E-state index contributed by atoms with van der Waals surface area (Å²) in [7, 11) is 0. The molecule has 4 nitrogen and oxygen atoms in total. The molecular weight excluding hydrogens is 226 g/mol. The highest BCUT2D eigenvalue weighted by Gasteiger charge is 1.97. The molecule has 0 aromatic heterocycles. The van der Waals surface area contributed by atoms with Crippen molar-refractivity contribution in [1.29, 1.82) is 15.8 Å². The van der Waals surface area contributed by atoms with Gasteiger partial charge in [0.15, 0.2) is 0 Å². The Hall–Kier alpha value is -2.77. The minimum absolute atomic E-state index is 0.0524. The highest BCUT2D eigenvalue weighted by atomic mass is 16.5. The molecule has 0 aliphatic heterocycles. The Morgan fingerprint density at radius 1 is 1.22 bits per heavy atom. The van der Waals surface area contributed by atoms with Crippen molar-refractivity contribution in [2.75, 3.05) is 6.61 Å². The summed E-state index contributed by atoms with van der Waals surface area (Å²) in [5.74, 6) is 0.664.